The highest BCUT2D eigenvalue weighted by molar-refractivity contribution is 7.09. The van der Waals surface area contributed by atoms with E-state index in [1.165, 1.54) is 10.9 Å². The van der Waals surface area contributed by atoms with Gasteiger partial charge in [-0.15, -0.1) is 11.3 Å². The molecule has 1 atom stereocenters. The van der Waals surface area contributed by atoms with E-state index >= 15 is 0 Å². The van der Waals surface area contributed by atoms with E-state index < -0.39 is 0 Å². The maximum Gasteiger partial charge on any atom is 0.127 e. The molecule has 0 spiro atoms. The molecule has 0 aliphatic carbocycles. The summed E-state index contributed by atoms with van der Waals surface area (Å²) in [6.45, 7) is 0. The fourth-order valence-corrected chi connectivity index (χ4v) is 2.51. The summed E-state index contributed by atoms with van der Waals surface area (Å²) in [5.74, 6) is -0.140. The van der Waals surface area contributed by atoms with Crippen molar-refractivity contribution in [2.24, 2.45) is 0 Å². The van der Waals surface area contributed by atoms with Gasteiger partial charge in [0.05, 0.1) is 0 Å². The van der Waals surface area contributed by atoms with Gasteiger partial charge in [-0.3, -0.25) is 0 Å². The first kappa shape index (κ1) is 11.3. The van der Waals surface area contributed by atoms with Crippen LogP contribution in [-0.2, 0) is 6.42 Å². The molecule has 2 aromatic rings. The van der Waals surface area contributed by atoms with Crippen LogP contribution in [0.25, 0.3) is 0 Å². The van der Waals surface area contributed by atoms with E-state index in [4.69, 9.17) is 0 Å². The van der Waals surface area contributed by atoms with Crippen LogP contribution >= 0.6 is 11.3 Å². The standard InChI is InChI=1S/C13H14FNS/c1-15-13(9-10-5-4-8-16-10)11-6-2-3-7-12(11)14/h2-8,13,15H,9H2,1H3. The normalized spacial score (nSPS) is 12.6. The fraction of sp³-hybridized carbons (Fsp3) is 0.231. The quantitative estimate of drug-likeness (QED) is 0.856. The molecule has 0 saturated carbocycles. The van der Waals surface area contributed by atoms with Crippen LogP contribution in [0.3, 0.4) is 0 Å². The molecule has 1 N–H and O–H groups in total. The molecule has 0 radical (unpaired) electrons. The van der Waals surface area contributed by atoms with Crippen molar-refractivity contribution in [2.45, 2.75) is 12.5 Å². The van der Waals surface area contributed by atoms with Crippen LogP contribution in [-0.4, -0.2) is 7.05 Å². The first-order valence-corrected chi connectivity index (χ1v) is 6.13. The average molecular weight is 235 g/mol. The van der Waals surface area contributed by atoms with Crippen LogP contribution < -0.4 is 5.32 Å². The molecule has 3 heteroatoms. The fourth-order valence-electron chi connectivity index (χ4n) is 1.76. The van der Waals surface area contributed by atoms with Gasteiger partial charge in [0.2, 0.25) is 0 Å². The van der Waals surface area contributed by atoms with Crippen molar-refractivity contribution in [1.82, 2.24) is 5.32 Å². The van der Waals surface area contributed by atoms with Gasteiger partial charge in [-0.1, -0.05) is 24.3 Å². The van der Waals surface area contributed by atoms with E-state index in [2.05, 4.69) is 11.4 Å². The molecule has 1 nitrogen and oxygen atoms in total. The molecule has 0 bridgehead atoms. The molecule has 84 valence electrons. The van der Waals surface area contributed by atoms with Gasteiger partial charge in [0.25, 0.3) is 0 Å². The molecule has 2 rings (SSSR count). The van der Waals surface area contributed by atoms with Crippen LogP contribution in [0.5, 0.6) is 0 Å². The Labute approximate surface area is 98.9 Å². The van der Waals surface area contributed by atoms with Gasteiger partial charge in [-0.05, 0) is 24.6 Å². The SMILES string of the molecule is CNC(Cc1cccs1)c1ccccc1F. The van der Waals surface area contributed by atoms with E-state index in [1.54, 1.807) is 17.4 Å². The smallest absolute Gasteiger partial charge is 0.127 e. The minimum Gasteiger partial charge on any atom is -0.313 e. The van der Waals surface area contributed by atoms with Crippen molar-refractivity contribution in [1.29, 1.82) is 0 Å². The summed E-state index contributed by atoms with van der Waals surface area (Å²) in [6, 6.07) is 11.1. The lowest BCUT2D eigenvalue weighted by atomic mass is 10.0. The Balaban J connectivity index is 2.20. The lowest BCUT2D eigenvalue weighted by molar-refractivity contribution is 0.536. The minimum atomic E-state index is -0.140. The lowest BCUT2D eigenvalue weighted by Gasteiger charge is -2.16. The van der Waals surface area contributed by atoms with Gasteiger partial charge in [0, 0.05) is 22.9 Å². The molecule has 0 fully saturated rings. The molecule has 0 aliphatic heterocycles. The maximum absolute atomic E-state index is 13.6. The summed E-state index contributed by atoms with van der Waals surface area (Å²) in [7, 11) is 1.87. The summed E-state index contributed by atoms with van der Waals surface area (Å²) in [4.78, 5) is 1.27. The lowest BCUT2D eigenvalue weighted by Crippen LogP contribution is -2.19. The van der Waals surface area contributed by atoms with Gasteiger partial charge in [0.15, 0.2) is 0 Å². The molecule has 1 aromatic heterocycles. The molecule has 16 heavy (non-hydrogen) atoms. The summed E-state index contributed by atoms with van der Waals surface area (Å²) in [5, 5.41) is 5.21. The zero-order chi connectivity index (χ0) is 11.4. The largest absolute Gasteiger partial charge is 0.313 e. The summed E-state index contributed by atoms with van der Waals surface area (Å²) in [6.07, 6.45) is 0.828. The van der Waals surface area contributed by atoms with Crippen molar-refractivity contribution in [2.75, 3.05) is 7.05 Å². The second-order valence-electron chi connectivity index (χ2n) is 3.65. The van der Waals surface area contributed by atoms with E-state index in [1.807, 2.05) is 30.6 Å². The van der Waals surface area contributed by atoms with E-state index in [0.717, 1.165) is 12.0 Å². The molecule has 1 unspecified atom stereocenters. The minimum absolute atomic E-state index is 0.0415. The van der Waals surface area contributed by atoms with Crippen molar-refractivity contribution in [3.8, 4) is 0 Å². The first-order chi connectivity index (χ1) is 7.81. The molecular weight excluding hydrogens is 221 g/mol. The van der Waals surface area contributed by atoms with Crippen molar-refractivity contribution < 1.29 is 4.39 Å². The molecular formula is C13H14FNS. The second kappa shape index (κ2) is 5.23. The Morgan fingerprint density at radius 3 is 2.69 bits per heavy atom. The predicted molar refractivity (Wildman–Crippen MR) is 66.2 cm³/mol. The number of thiophene rings is 1. The Bertz CT molecular complexity index is 439. The summed E-state index contributed by atoms with van der Waals surface area (Å²) in [5.41, 5.74) is 0.735. The van der Waals surface area contributed by atoms with Gasteiger partial charge in [0.1, 0.15) is 5.82 Å². The van der Waals surface area contributed by atoms with E-state index in [-0.39, 0.29) is 11.9 Å². The highest BCUT2D eigenvalue weighted by Gasteiger charge is 2.14. The Morgan fingerprint density at radius 1 is 1.25 bits per heavy atom. The number of likely N-dealkylation sites (N-methyl/N-ethyl adjacent to an activating group) is 1. The van der Waals surface area contributed by atoms with Crippen LogP contribution in [0.2, 0.25) is 0 Å². The molecule has 0 aliphatic rings. The highest BCUT2D eigenvalue weighted by Crippen LogP contribution is 2.22. The van der Waals surface area contributed by atoms with E-state index in [9.17, 15) is 4.39 Å². The summed E-state index contributed by atoms with van der Waals surface area (Å²) < 4.78 is 13.6. The second-order valence-corrected chi connectivity index (χ2v) is 4.68. The molecule has 1 aromatic carbocycles. The number of rotatable bonds is 4. The third-order valence-electron chi connectivity index (χ3n) is 2.61. The number of benzene rings is 1. The number of hydrogen-bond acceptors (Lipinski definition) is 2. The number of halogens is 1. The maximum atomic E-state index is 13.6. The third-order valence-corrected chi connectivity index (χ3v) is 3.51. The van der Waals surface area contributed by atoms with Crippen molar-refractivity contribution >= 4 is 11.3 Å². The Kier molecular flexibility index (Phi) is 3.70. The Morgan fingerprint density at radius 2 is 2.06 bits per heavy atom. The van der Waals surface area contributed by atoms with Crippen molar-refractivity contribution in [3.05, 3.63) is 58.0 Å². The van der Waals surface area contributed by atoms with E-state index in [0.29, 0.717) is 0 Å². The zero-order valence-corrected chi connectivity index (χ0v) is 9.93. The van der Waals surface area contributed by atoms with Gasteiger partial charge >= 0.3 is 0 Å². The zero-order valence-electron chi connectivity index (χ0n) is 9.11. The van der Waals surface area contributed by atoms with Gasteiger partial charge < -0.3 is 5.32 Å². The monoisotopic (exact) mass is 235 g/mol. The van der Waals surface area contributed by atoms with Crippen LogP contribution in [0.4, 0.5) is 4.39 Å². The number of hydrogen-bond donors (Lipinski definition) is 1. The van der Waals surface area contributed by atoms with Gasteiger partial charge in [-0.25, -0.2) is 4.39 Å². The summed E-state index contributed by atoms with van der Waals surface area (Å²) >= 11 is 1.70. The molecule has 1 heterocycles. The van der Waals surface area contributed by atoms with Crippen LogP contribution in [0, 0.1) is 5.82 Å². The predicted octanol–water partition coefficient (Wildman–Crippen LogP) is 3.39. The van der Waals surface area contributed by atoms with Crippen LogP contribution in [0.15, 0.2) is 41.8 Å². The van der Waals surface area contributed by atoms with Gasteiger partial charge in [-0.2, -0.15) is 0 Å². The Hall–Kier alpha value is -1.19. The van der Waals surface area contributed by atoms with Crippen molar-refractivity contribution in [3.63, 3.8) is 0 Å². The topological polar surface area (TPSA) is 12.0 Å². The molecule has 0 saturated heterocycles. The highest BCUT2D eigenvalue weighted by atomic mass is 32.1. The van der Waals surface area contributed by atoms with Crippen LogP contribution in [0.1, 0.15) is 16.5 Å². The molecule has 0 amide bonds. The number of nitrogens with one attached hydrogen (secondary N) is 1. The first-order valence-electron chi connectivity index (χ1n) is 5.25. The average Bonchev–Trinajstić information content (AvgIpc) is 2.80. The third kappa shape index (κ3) is 2.49.